The minimum atomic E-state index is -0.349. The Bertz CT molecular complexity index is 1040. The molecule has 2 aromatic rings. The number of thioether (sulfide) groups is 1. The number of nitrogen functional groups attached to an aromatic ring is 1. The second kappa shape index (κ2) is 8.42. The quantitative estimate of drug-likeness (QED) is 0.489. The smallest absolute Gasteiger partial charge is 0.143 e. The molecule has 30 heavy (non-hydrogen) atoms. The van der Waals surface area contributed by atoms with E-state index >= 15 is 0 Å². The molecule has 0 unspecified atom stereocenters. The molecule has 0 aliphatic heterocycles. The third kappa shape index (κ3) is 4.45. The lowest BCUT2D eigenvalue weighted by Gasteiger charge is -2.28. The van der Waals surface area contributed by atoms with Crippen LogP contribution < -0.4 is 5.73 Å². The Balaban J connectivity index is 3.03. The van der Waals surface area contributed by atoms with E-state index in [-0.39, 0.29) is 28.0 Å². The molecule has 5 nitrogen and oxygen atoms in total. The van der Waals surface area contributed by atoms with E-state index in [1.807, 2.05) is 53.7 Å². The first kappa shape index (κ1) is 23.3. The van der Waals surface area contributed by atoms with Gasteiger partial charge < -0.3 is 10.8 Å². The summed E-state index contributed by atoms with van der Waals surface area (Å²) in [5, 5.41) is 31.3. The maximum atomic E-state index is 11.0. The molecule has 0 fully saturated rings. The number of rotatable bonds is 4. The fourth-order valence-electron chi connectivity index (χ4n) is 3.25. The van der Waals surface area contributed by atoms with Crippen LogP contribution in [0.25, 0.3) is 11.1 Å². The molecule has 156 valence electrons. The van der Waals surface area contributed by atoms with Crippen LogP contribution in [0.3, 0.4) is 0 Å². The van der Waals surface area contributed by atoms with Crippen LogP contribution in [0.5, 0.6) is 5.75 Å². The zero-order chi connectivity index (χ0) is 22.9. The fourth-order valence-corrected chi connectivity index (χ4v) is 3.98. The summed E-state index contributed by atoms with van der Waals surface area (Å²) < 4.78 is 0. The zero-order valence-electron chi connectivity index (χ0n) is 18.4. The Morgan fingerprint density at radius 1 is 1.07 bits per heavy atom. The monoisotopic (exact) mass is 420 g/mol. The number of phenols is 1. The van der Waals surface area contributed by atoms with Gasteiger partial charge in [0, 0.05) is 22.4 Å². The highest BCUT2D eigenvalue weighted by molar-refractivity contribution is 7.99. The van der Waals surface area contributed by atoms with Gasteiger partial charge in [0.05, 0.1) is 5.56 Å². The lowest BCUT2D eigenvalue weighted by Crippen LogP contribution is -2.17. The molecule has 0 saturated heterocycles. The SMILES string of the molecule is C=CCSc1nc(N)c(C#N)c(-c2cc(C(C)(C)C)c(O)c(C(C)(C)C)c2)c1C#N. The Morgan fingerprint density at radius 2 is 1.57 bits per heavy atom. The molecule has 1 aromatic heterocycles. The molecule has 6 heteroatoms. The number of anilines is 1. The summed E-state index contributed by atoms with van der Waals surface area (Å²) >= 11 is 1.35. The van der Waals surface area contributed by atoms with Gasteiger partial charge in [-0.3, -0.25) is 0 Å². The summed E-state index contributed by atoms with van der Waals surface area (Å²) in [7, 11) is 0. The molecule has 0 aliphatic carbocycles. The van der Waals surface area contributed by atoms with Crippen molar-refractivity contribution in [3.63, 3.8) is 0 Å². The minimum absolute atomic E-state index is 0.0840. The van der Waals surface area contributed by atoms with Gasteiger partial charge in [-0.2, -0.15) is 10.5 Å². The molecule has 0 amide bonds. The number of hydrogen-bond acceptors (Lipinski definition) is 6. The van der Waals surface area contributed by atoms with Crippen molar-refractivity contribution in [2.75, 3.05) is 11.5 Å². The van der Waals surface area contributed by atoms with Crippen LogP contribution in [0.1, 0.15) is 63.8 Å². The lowest BCUT2D eigenvalue weighted by molar-refractivity contribution is 0.423. The summed E-state index contributed by atoms with van der Waals surface area (Å²) in [5.74, 6) is 0.877. The predicted molar refractivity (Wildman–Crippen MR) is 124 cm³/mol. The molecule has 0 atom stereocenters. The summed E-state index contributed by atoms with van der Waals surface area (Å²) in [5.41, 5.74) is 8.50. The maximum absolute atomic E-state index is 11.0. The van der Waals surface area contributed by atoms with E-state index in [9.17, 15) is 15.6 Å². The van der Waals surface area contributed by atoms with Crippen molar-refractivity contribution in [1.82, 2.24) is 4.98 Å². The zero-order valence-corrected chi connectivity index (χ0v) is 19.2. The van der Waals surface area contributed by atoms with Crippen molar-refractivity contribution < 1.29 is 5.11 Å². The van der Waals surface area contributed by atoms with Crippen molar-refractivity contribution in [1.29, 1.82) is 10.5 Å². The van der Waals surface area contributed by atoms with Crippen LogP contribution in [0.15, 0.2) is 29.8 Å². The highest BCUT2D eigenvalue weighted by Crippen LogP contribution is 2.44. The second-order valence-electron chi connectivity index (χ2n) is 9.17. The Hall–Kier alpha value is -2.96. The van der Waals surface area contributed by atoms with Gasteiger partial charge >= 0.3 is 0 Å². The van der Waals surface area contributed by atoms with Crippen LogP contribution in [0, 0.1) is 22.7 Å². The lowest BCUT2D eigenvalue weighted by atomic mass is 9.77. The van der Waals surface area contributed by atoms with Crippen LogP contribution in [0.4, 0.5) is 5.82 Å². The molecule has 0 bridgehead atoms. The van der Waals surface area contributed by atoms with Crippen LogP contribution in [-0.4, -0.2) is 15.8 Å². The summed E-state index contributed by atoms with van der Waals surface area (Å²) in [6.45, 7) is 15.8. The summed E-state index contributed by atoms with van der Waals surface area (Å²) in [4.78, 5) is 4.30. The molecule has 1 heterocycles. The van der Waals surface area contributed by atoms with Gasteiger partial charge in [-0.1, -0.05) is 47.6 Å². The third-order valence-electron chi connectivity index (χ3n) is 4.77. The van der Waals surface area contributed by atoms with Crippen LogP contribution in [0.2, 0.25) is 0 Å². The number of nitrogens with zero attached hydrogens (tertiary/aromatic N) is 3. The normalized spacial score (nSPS) is 11.6. The van der Waals surface area contributed by atoms with Crippen molar-refractivity contribution >= 4 is 17.6 Å². The Labute approximate surface area is 183 Å². The van der Waals surface area contributed by atoms with Gasteiger partial charge in [0.1, 0.15) is 34.3 Å². The van der Waals surface area contributed by atoms with Gasteiger partial charge in [0.25, 0.3) is 0 Å². The van der Waals surface area contributed by atoms with E-state index in [2.05, 4.69) is 23.7 Å². The number of nitriles is 2. The summed E-state index contributed by atoms with van der Waals surface area (Å²) in [6.07, 6.45) is 1.72. The largest absolute Gasteiger partial charge is 0.507 e. The first-order chi connectivity index (χ1) is 13.9. The molecule has 0 spiro atoms. The second-order valence-corrected chi connectivity index (χ2v) is 10.2. The highest BCUT2D eigenvalue weighted by Gasteiger charge is 2.29. The first-order valence-corrected chi connectivity index (χ1v) is 10.6. The number of hydrogen-bond donors (Lipinski definition) is 2. The summed E-state index contributed by atoms with van der Waals surface area (Å²) in [6, 6.07) is 8.04. The van der Waals surface area contributed by atoms with Crippen molar-refractivity contribution in [2.24, 2.45) is 0 Å². The number of benzene rings is 1. The maximum Gasteiger partial charge on any atom is 0.143 e. The van der Waals surface area contributed by atoms with Gasteiger partial charge in [-0.25, -0.2) is 4.98 Å². The average Bonchev–Trinajstić information content (AvgIpc) is 2.64. The van der Waals surface area contributed by atoms with Gasteiger partial charge in [-0.05, 0) is 28.5 Å². The number of phenolic OH excluding ortho intramolecular Hbond substituents is 1. The predicted octanol–water partition coefficient (Wildman–Crippen LogP) is 5.65. The molecule has 0 aliphatic rings. The van der Waals surface area contributed by atoms with E-state index in [4.69, 9.17) is 5.73 Å². The van der Waals surface area contributed by atoms with Gasteiger partial charge in [0.15, 0.2) is 0 Å². The highest BCUT2D eigenvalue weighted by atomic mass is 32.2. The molecule has 0 radical (unpaired) electrons. The number of aromatic nitrogens is 1. The van der Waals surface area contributed by atoms with E-state index in [0.29, 0.717) is 27.5 Å². The standard InChI is InChI=1S/C24H28N4OS/c1-8-9-30-22-16(13-26)19(15(12-25)21(27)28-22)14-10-17(23(2,3)4)20(29)18(11-14)24(5,6)7/h8,10-11,29H,1,9H2,2-7H3,(H2,27,28). The van der Waals surface area contributed by atoms with Gasteiger partial charge in [-0.15, -0.1) is 18.3 Å². The third-order valence-corrected chi connectivity index (χ3v) is 5.74. The van der Waals surface area contributed by atoms with Crippen LogP contribution in [-0.2, 0) is 10.8 Å². The van der Waals surface area contributed by atoms with E-state index in [1.165, 1.54) is 11.8 Å². The molecule has 2 rings (SSSR count). The average molecular weight is 421 g/mol. The van der Waals surface area contributed by atoms with Gasteiger partial charge in [0.2, 0.25) is 0 Å². The fraction of sp³-hybridized carbons (Fsp3) is 0.375. The molecule has 0 saturated carbocycles. The molecule has 3 N–H and O–H groups in total. The number of nitrogens with two attached hydrogens (primary N) is 1. The van der Waals surface area contributed by atoms with Crippen molar-refractivity contribution in [3.8, 4) is 29.0 Å². The van der Waals surface area contributed by atoms with E-state index in [0.717, 1.165) is 11.1 Å². The van der Waals surface area contributed by atoms with E-state index in [1.54, 1.807) is 6.08 Å². The van der Waals surface area contributed by atoms with Crippen molar-refractivity contribution in [2.45, 2.75) is 57.4 Å². The molecule has 1 aromatic carbocycles. The molecular formula is C24H28N4OS. The topological polar surface area (TPSA) is 107 Å². The minimum Gasteiger partial charge on any atom is -0.507 e. The Morgan fingerprint density at radius 3 is 1.97 bits per heavy atom. The van der Waals surface area contributed by atoms with E-state index < -0.39 is 0 Å². The first-order valence-electron chi connectivity index (χ1n) is 9.62. The van der Waals surface area contributed by atoms with Crippen molar-refractivity contribution in [3.05, 3.63) is 47.0 Å². The number of aromatic hydroxyl groups is 1. The number of pyridine rings is 1. The Kier molecular flexibility index (Phi) is 6.54. The molecular weight excluding hydrogens is 392 g/mol. The van der Waals surface area contributed by atoms with Crippen LogP contribution >= 0.6 is 11.8 Å².